The van der Waals surface area contributed by atoms with E-state index in [2.05, 4.69) is 34.2 Å². The molecule has 1 aromatic heterocycles. The number of aliphatic imine (C=N–C) groups is 1. The summed E-state index contributed by atoms with van der Waals surface area (Å²) >= 11 is 0. The maximum atomic E-state index is 5.96. The smallest absolute Gasteiger partial charge is 0.194 e. The molecule has 4 rings (SSSR count). The molecule has 1 aliphatic carbocycles. The number of rotatable bonds is 2. The molecule has 0 radical (unpaired) electrons. The van der Waals surface area contributed by atoms with Gasteiger partial charge in [-0.3, -0.25) is 9.67 Å². The van der Waals surface area contributed by atoms with Crippen molar-refractivity contribution in [3.63, 3.8) is 0 Å². The van der Waals surface area contributed by atoms with Gasteiger partial charge in [-0.05, 0) is 6.42 Å². The zero-order valence-electron chi connectivity index (χ0n) is 15.6. The largest absolute Gasteiger partial charge is 0.377 e. The van der Waals surface area contributed by atoms with Crippen LogP contribution in [0.15, 0.2) is 17.4 Å². The van der Waals surface area contributed by atoms with E-state index in [0.29, 0.717) is 24.7 Å². The van der Waals surface area contributed by atoms with E-state index in [1.807, 2.05) is 31.2 Å². The molecule has 7 nitrogen and oxygen atoms in total. The Labute approximate surface area is 149 Å². The molecule has 7 heteroatoms. The first-order valence-electron chi connectivity index (χ1n) is 9.20. The van der Waals surface area contributed by atoms with E-state index in [4.69, 9.17) is 9.47 Å². The third-order valence-electron chi connectivity index (χ3n) is 6.06. The average Bonchev–Trinajstić information content (AvgIpc) is 3.23. The van der Waals surface area contributed by atoms with Crippen LogP contribution >= 0.6 is 0 Å². The maximum absolute atomic E-state index is 5.96. The molecule has 0 amide bonds. The highest BCUT2D eigenvalue weighted by molar-refractivity contribution is 5.80. The second kappa shape index (κ2) is 6.29. The van der Waals surface area contributed by atoms with Gasteiger partial charge in [0.2, 0.25) is 0 Å². The van der Waals surface area contributed by atoms with E-state index in [-0.39, 0.29) is 11.5 Å². The van der Waals surface area contributed by atoms with Crippen molar-refractivity contribution in [3.05, 3.63) is 18.0 Å². The molecule has 2 saturated heterocycles. The molecule has 0 aromatic carbocycles. The van der Waals surface area contributed by atoms with Crippen LogP contribution in [0, 0.1) is 11.3 Å². The lowest BCUT2D eigenvalue weighted by Crippen LogP contribution is -2.68. The Morgan fingerprint density at radius 3 is 2.92 bits per heavy atom. The van der Waals surface area contributed by atoms with Crippen LogP contribution in [0.5, 0.6) is 0 Å². The first-order valence-corrected chi connectivity index (χ1v) is 9.20. The third-order valence-corrected chi connectivity index (χ3v) is 6.06. The highest BCUT2D eigenvalue weighted by Crippen LogP contribution is 2.52. The highest BCUT2D eigenvalue weighted by Gasteiger charge is 2.59. The molecule has 2 aliphatic heterocycles. The lowest BCUT2D eigenvalue weighted by molar-refractivity contribution is -0.108. The minimum Gasteiger partial charge on any atom is -0.377 e. The fourth-order valence-electron chi connectivity index (χ4n) is 4.70. The quantitative estimate of drug-likeness (QED) is 0.643. The van der Waals surface area contributed by atoms with Crippen LogP contribution in [-0.4, -0.2) is 66.1 Å². The number of fused-ring (bicyclic) bond motifs is 1. The van der Waals surface area contributed by atoms with Crippen molar-refractivity contribution >= 4 is 5.96 Å². The van der Waals surface area contributed by atoms with Crippen LogP contribution in [0.25, 0.3) is 0 Å². The van der Waals surface area contributed by atoms with Crippen molar-refractivity contribution in [2.75, 3.05) is 33.4 Å². The van der Waals surface area contributed by atoms with Gasteiger partial charge in [0.05, 0.1) is 25.5 Å². The van der Waals surface area contributed by atoms with Crippen LogP contribution in [0.2, 0.25) is 0 Å². The summed E-state index contributed by atoms with van der Waals surface area (Å²) in [7, 11) is 3.80. The molecule has 3 heterocycles. The van der Waals surface area contributed by atoms with E-state index in [0.717, 1.165) is 37.6 Å². The summed E-state index contributed by atoms with van der Waals surface area (Å²) in [6.07, 6.45) is 5.48. The van der Waals surface area contributed by atoms with Crippen LogP contribution in [0.1, 0.15) is 31.9 Å². The average molecular weight is 347 g/mol. The molecule has 1 N–H and O–H groups in total. The fraction of sp³-hybridized carbons (Fsp3) is 0.778. The Balaban J connectivity index is 1.44. The van der Waals surface area contributed by atoms with Gasteiger partial charge < -0.3 is 19.7 Å². The van der Waals surface area contributed by atoms with Gasteiger partial charge in [-0.1, -0.05) is 13.8 Å². The minimum atomic E-state index is 0.0398. The monoisotopic (exact) mass is 347 g/mol. The Morgan fingerprint density at radius 1 is 1.36 bits per heavy atom. The summed E-state index contributed by atoms with van der Waals surface area (Å²) in [6.45, 7) is 7.82. The van der Waals surface area contributed by atoms with Gasteiger partial charge in [0.15, 0.2) is 5.96 Å². The van der Waals surface area contributed by atoms with Gasteiger partial charge in [0.25, 0.3) is 0 Å². The molecule has 0 bridgehead atoms. The van der Waals surface area contributed by atoms with Gasteiger partial charge in [-0.25, -0.2) is 0 Å². The summed E-state index contributed by atoms with van der Waals surface area (Å²) in [6, 6.07) is 0.415. The van der Waals surface area contributed by atoms with Gasteiger partial charge >= 0.3 is 0 Å². The second-order valence-electron chi connectivity index (χ2n) is 7.99. The number of aryl methyl sites for hydroxylation is 1. The zero-order chi connectivity index (χ0) is 17.6. The predicted molar refractivity (Wildman–Crippen MR) is 95.4 cm³/mol. The second-order valence-corrected chi connectivity index (χ2v) is 7.99. The van der Waals surface area contributed by atoms with Crippen LogP contribution in [0.4, 0.5) is 0 Å². The van der Waals surface area contributed by atoms with Crippen molar-refractivity contribution in [2.24, 2.45) is 23.4 Å². The topological polar surface area (TPSA) is 63.9 Å². The molecule has 1 saturated carbocycles. The minimum absolute atomic E-state index is 0.0398. The van der Waals surface area contributed by atoms with E-state index < -0.39 is 0 Å². The number of morpholine rings is 1. The van der Waals surface area contributed by atoms with Crippen molar-refractivity contribution in [1.29, 1.82) is 0 Å². The zero-order valence-corrected chi connectivity index (χ0v) is 15.6. The first-order chi connectivity index (χ1) is 12.0. The molecular formula is C18H29N5O2. The van der Waals surface area contributed by atoms with Gasteiger partial charge in [-0.15, -0.1) is 0 Å². The standard InChI is InChI=1S/C18H29N5O2/c1-18(2)15(13-5-7-25-16(13)18)21-17(19-3)23-6-8-24-14(11-23)12-9-20-22(4)10-12/h9-10,13-16H,5-8,11H2,1-4H3,(H,19,21). The van der Waals surface area contributed by atoms with Crippen LogP contribution in [0.3, 0.4) is 0 Å². The number of nitrogens with zero attached hydrogens (tertiary/aromatic N) is 4. The van der Waals surface area contributed by atoms with E-state index in [9.17, 15) is 0 Å². The van der Waals surface area contributed by atoms with Crippen LogP contribution in [-0.2, 0) is 16.5 Å². The summed E-state index contributed by atoms with van der Waals surface area (Å²) in [5.41, 5.74) is 1.27. The molecule has 25 heavy (non-hydrogen) atoms. The normalized spacial score (nSPS) is 34.6. The number of aromatic nitrogens is 2. The van der Waals surface area contributed by atoms with Gasteiger partial charge in [0, 0.05) is 56.4 Å². The van der Waals surface area contributed by atoms with E-state index in [1.165, 1.54) is 0 Å². The highest BCUT2D eigenvalue weighted by atomic mass is 16.5. The van der Waals surface area contributed by atoms with Crippen molar-refractivity contribution in [3.8, 4) is 0 Å². The maximum Gasteiger partial charge on any atom is 0.194 e. The Bertz CT molecular complexity index is 656. The van der Waals surface area contributed by atoms with E-state index in [1.54, 1.807) is 0 Å². The van der Waals surface area contributed by atoms with Crippen LogP contribution < -0.4 is 5.32 Å². The summed E-state index contributed by atoms with van der Waals surface area (Å²) in [5.74, 6) is 1.57. The summed E-state index contributed by atoms with van der Waals surface area (Å²) < 4.78 is 13.7. The van der Waals surface area contributed by atoms with Gasteiger partial charge in [-0.2, -0.15) is 5.10 Å². The molecule has 138 valence electrons. The molecule has 4 atom stereocenters. The fourth-order valence-corrected chi connectivity index (χ4v) is 4.70. The lowest BCUT2D eigenvalue weighted by Gasteiger charge is -2.55. The summed E-state index contributed by atoms with van der Waals surface area (Å²) in [4.78, 5) is 6.87. The Hall–Kier alpha value is -1.60. The SMILES string of the molecule is CN=C(NC1C2CCOC2C1(C)C)N1CCOC(c2cnn(C)c2)C1. The molecular weight excluding hydrogens is 318 g/mol. The van der Waals surface area contributed by atoms with Crippen molar-refractivity contribution in [2.45, 2.75) is 38.5 Å². The number of nitrogens with one attached hydrogen (secondary N) is 1. The predicted octanol–water partition coefficient (Wildman–Crippen LogP) is 1.18. The molecule has 0 spiro atoms. The lowest BCUT2D eigenvalue weighted by atomic mass is 9.57. The summed E-state index contributed by atoms with van der Waals surface area (Å²) in [5, 5.41) is 8.00. The Kier molecular flexibility index (Phi) is 4.24. The third kappa shape index (κ3) is 2.83. The molecule has 4 unspecified atom stereocenters. The van der Waals surface area contributed by atoms with Gasteiger partial charge in [0.1, 0.15) is 6.10 Å². The number of guanidine groups is 1. The van der Waals surface area contributed by atoms with E-state index >= 15 is 0 Å². The van der Waals surface area contributed by atoms with Crippen molar-refractivity contribution < 1.29 is 9.47 Å². The number of hydrogen-bond donors (Lipinski definition) is 1. The Morgan fingerprint density at radius 2 is 2.20 bits per heavy atom. The first kappa shape index (κ1) is 16.8. The van der Waals surface area contributed by atoms with Crippen molar-refractivity contribution in [1.82, 2.24) is 20.0 Å². The number of ether oxygens (including phenoxy) is 2. The molecule has 3 fully saturated rings. The molecule has 3 aliphatic rings. The number of hydrogen-bond acceptors (Lipinski definition) is 4. The molecule has 1 aromatic rings.